The van der Waals surface area contributed by atoms with E-state index in [9.17, 15) is 19.2 Å². The van der Waals surface area contributed by atoms with Crippen LogP contribution in [0.5, 0.6) is 0 Å². The molecule has 160 valence electrons. The van der Waals surface area contributed by atoms with E-state index in [1.165, 1.54) is 24.3 Å². The molecule has 4 rings (SSSR count). The van der Waals surface area contributed by atoms with Gasteiger partial charge in [0.15, 0.2) is 32.5 Å². The summed E-state index contributed by atoms with van der Waals surface area (Å²) < 4.78 is 20.5. The van der Waals surface area contributed by atoms with Crippen LogP contribution < -0.4 is 21.7 Å². The van der Waals surface area contributed by atoms with E-state index in [2.05, 4.69) is 0 Å². The second kappa shape index (κ2) is 9.16. The van der Waals surface area contributed by atoms with E-state index >= 15 is 0 Å². The van der Waals surface area contributed by atoms with Crippen LogP contribution in [0.3, 0.4) is 0 Å². The fourth-order valence-corrected chi connectivity index (χ4v) is 2.62. The van der Waals surface area contributed by atoms with Gasteiger partial charge in [0.05, 0.1) is 0 Å². The lowest BCUT2D eigenvalue weighted by atomic mass is 10.2. The predicted octanol–water partition coefficient (Wildman–Crippen LogP) is 1.08. The molecule has 4 aromatic rings. The first-order chi connectivity index (χ1) is 13.2. The average molecular weight is 420 g/mol. The highest BCUT2D eigenvalue weighted by Gasteiger charge is 2.10. The topological polar surface area (TPSA) is 184 Å². The Hall–Kier alpha value is -3.76. The highest BCUT2D eigenvalue weighted by Crippen LogP contribution is 2.10. The van der Waals surface area contributed by atoms with Gasteiger partial charge in [0.1, 0.15) is 23.0 Å². The van der Waals surface area contributed by atoms with Crippen LogP contribution in [0.4, 0.5) is 0 Å². The normalized spacial score (nSPS) is 10.0. The first-order valence-electron chi connectivity index (χ1n) is 8.26. The molecule has 0 atom stereocenters. The number of aryl methyl sites for hydroxylation is 4. The zero-order valence-corrected chi connectivity index (χ0v) is 16.6. The van der Waals surface area contributed by atoms with Gasteiger partial charge >= 0.3 is 11.6 Å². The fourth-order valence-electron chi connectivity index (χ4n) is 2.62. The molecule has 30 heavy (non-hydrogen) atoms. The molecule has 4 N–H and O–H groups in total. The molecule has 0 fully saturated rings. The predicted molar refractivity (Wildman–Crippen MR) is 108 cm³/mol. The van der Waals surface area contributed by atoms with Gasteiger partial charge in [-0.3, -0.25) is 19.2 Å². The molecular weight excluding hydrogens is 400 g/mol. The smallest absolute Gasteiger partial charge is 0.305 e. The van der Waals surface area contributed by atoms with E-state index in [0.717, 1.165) is 0 Å². The van der Waals surface area contributed by atoms with E-state index in [1.807, 2.05) is 0 Å². The van der Waals surface area contributed by atoms with E-state index in [0.29, 0.717) is 23.0 Å². The second-order valence-corrected chi connectivity index (χ2v) is 6.21. The SMILES string of the molecule is Cc1cc(=O)c2c(=O)cc(C)oc2o1.Cc1cc(=O)c2c(=O)cc(C)oc2o1.O.O. The van der Waals surface area contributed by atoms with Crippen LogP contribution in [0.1, 0.15) is 23.0 Å². The first-order valence-corrected chi connectivity index (χ1v) is 8.26. The van der Waals surface area contributed by atoms with Gasteiger partial charge in [-0.1, -0.05) is 0 Å². The third-order valence-electron chi connectivity index (χ3n) is 3.75. The van der Waals surface area contributed by atoms with Gasteiger partial charge in [0, 0.05) is 24.3 Å². The molecule has 10 heteroatoms. The van der Waals surface area contributed by atoms with Crippen molar-refractivity contribution in [3.8, 4) is 0 Å². The Bertz CT molecular complexity index is 1220. The van der Waals surface area contributed by atoms with Crippen molar-refractivity contribution in [2.75, 3.05) is 0 Å². The lowest BCUT2D eigenvalue weighted by Gasteiger charge is -1.97. The average Bonchev–Trinajstić information content (AvgIpc) is 2.52. The Labute approximate surface area is 167 Å². The van der Waals surface area contributed by atoms with E-state index in [1.54, 1.807) is 27.7 Å². The van der Waals surface area contributed by atoms with Gasteiger partial charge in [0.2, 0.25) is 0 Å². The van der Waals surface area contributed by atoms with Gasteiger partial charge in [-0.05, 0) is 27.7 Å². The highest BCUT2D eigenvalue weighted by atomic mass is 16.5. The van der Waals surface area contributed by atoms with Crippen LogP contribution >= 0.6 is 0 Å². The largest absolute Gasteiger partial charge is 0.430 e. The van der Waals surface area contributed by atoms with Crippen molar-refractivity contribution in [3.63, 3.8) is 0 Å². The van der Waals surface area contributed by atoms with Crippen LogP contribution in [0.25, 0.3) is 22.3 Å². The van der Waals surface area contributed by atoms with E-state index in [-0.39, 0.29) is 55.0 Å². The number of fused-ring (bicyclic) bond motifs is 2. The molecule has 4 heterocycles. The molecule has 0 aromatic carbocycles. The standard InChI is InChI=1S/2C10H8O4.2H2O/c2*1-5-3-7(11)9-8(12)4-6(2)14-10(9)13-5;;/h2*3-4H,1-2H3;2*1H2. The summed E-state index contributed by atoms with van der Waals surface area (Å²) in [6, 6.07) is 5.09. The molecule has 0 saturated carbocycles. The van der Waals surface area contributed by atoms with Gasteiger partial charge in [-0.2, -0.15) is 0 Å². The second-order valence-electron chi connectivity index (χ2n) is 6.21. The lowest BCUT2D eigenvalue weighted by Crippen LogP contribution is -2.12. The Morgan fingerprint density at radius 2 is 0.667 bits per heavy atom. The molecule has 0 radical (unpaired) electrons. The summed E-state index contributed by atoms with van der Waals surface area (Å²) in [5.74, 6) is 1.71. The van der Waals surface area contributed by atoms with Crippen LogP contribution in [0.2, 0.25) is 0 Å². The van der Waals surface area contributed by atoms with E-state index < -0.39 is 0 Å². The van der Waals surface area contributed by atoms with Crippen molar-refractivity contribution in [1.29, 1.82) is 0 Å². The van der Waals surface area contributed by atoms with Crippen molar-refractivity contribution in [3.05, 3.63) is 88.2 Å². The maximum Gasteiger partial charge on any atom is 0.305 e. The molecule has 0 spiro atoms. The summed E-state index contributed by atoms with van der Waals surface area (Å²) in [7, 11) is 0. The summed E-state index contributed by atoms with van der Waals surface area (Å²) >= 11 is 0. The minimum atomic E-state index is -0.363. The maximum atomic E-state index is 11.4. The van der Waals surface area contributed by atoms with Crippen molar-refractivity contribution >= 4 is 22.3 Å². The summed E-state index contributed by atoms with van der Waals surface area (Å²) in [6.45, 7) is 6.51. The summed E-state index contributed by atoms with van der Waals surface area (Å²) in [5, 5.41) is -0.0533. The van der Waals surface area contributed by atoms with Gasteiger partial charge < -0.3 is 28.6 Å². The molecule has 0 amide bonds. The zero-order chi connectivity index (χ0) is 20.6. The van der Waals surface area contributed by atoms with Gasteiger partial charge in [0.25, 0.3) is 0 Å². The van der Waals surface area contributed by atoms with Crippen molar-refractivity contribution < 1.29 is 28.6 Å². The van der Waals surface area contributed by atoms with Crippen molar-refractivity contribution in [1.82, 2.24) is 0 Å². The minimum absolute atomic E-state index is 0. The summed E-state index contributed by atoms with van der Waals surface area (Å²) in [6.07, 6.45) is 0. The van der Waals surface area contributed by atoms with Crippen molar-refractivity contribution in [2.24, 2.45) is 0 Å². The minimum Gasteiger partial charge on any atom is -0.430 e. The van der Waals surface area contributed by atoms with Crippen LogP contribution in [-0.4, -0.2) is 11.0 Å². The molecule has 4 aromatic heterocycles. The summed E-state index contributed by atoms with van der Waals surface area (Å²) in [4.78, 5) is 45.6. The van der Waals surface area contributed by atoms with Crippen LogP contribution in [0.15, 0.2) is 61.1 Å². The zero-order valence-electron chi connectivity index (χ0n) is 16.6. The Kier molecular flexibility index (Phi) is 7.41. The molecule has 0 aliphatic carbocycles. The number of hydrogen-bond acceptors (Lipinski definition) is 8. The molecule has 10 nitrogen and oxygen atoms in total. The monoisotopic (exact) mass is 420 g/mol. The summed E-state index contributed by atoms with van der Waals surface area (Å²) in [5.41, 5.74) is -1.45. The Morgan fingerprint density at radius 1 is 0.467 bits per heavy atom. The Morgan fingerprint density at radius 3 is 0.867 bits per heavy atom. The Balaban J connectivity index is 0.000000281. The molecule has 0 bridgehead atoms. The quantitative estimate of drug-likeness (QED) is 0.404. The van der Waals surface area contributed by atoms with Crippen LogP contribution in [0, 0.1) is 27.7 Å². The van der Waals surface area contributed by atoms with Gasteiger partial charge in [-0.15, -0.1) is 0 Å². The van der Waals surface area contributed by atoms with E-state index in [4.69, 9.17) is 17.7 Å². The third kappa shape index (κ3) is 4.80. The number of hydrogen-bond donors (Lipinski definition) is 0. The first kappa shape index (κ1) is 24.3. The number of rotatable bonds is 0. The maximum absolute atomic E-state index is 11.4. The highest BCUT2D eigenvalue weighted by molar-refractivity contribution is 5.70. The third-order valence-corrected chi connectivity index (χ3v) is 3.75. The van der Waals surface area contributed by atoms with Crippen LogP contribution in [-0.2, 0) is 0 Å². The molecule has 0 unspecified atom stereocenters. The molecule has 0 saturated heterocycles. The molecule has 0 aliphatic rings. The molecular formula is C20H20O10. The lowest BCUT2D eigenvalue weighted by molar-refractivity contribution is 0.430. The van der Waals surface area contributed by atoms with Gasteiger partial charge in [-0.25, -0.2) is 0 Å². The molecule has 0 aliphatic heterocycles. The fraction of sp³-hybridized carbons (Fsp3) is 0.200. The van der Waals surface area contributed by atoms with Crippen molar-refractivity contribution in [2.45, 2.75) is 27.7 Å².